The van der Waals surface area contributed by atoms with Gasteiger partial charge in [0.15, 0.2) is 5.11 Å². The molecule has 8 nitrogen and oxygen atoms in total. The van der Waals surface area contributed by atoms with E-state index in [0.29, 0.717) is 17.4 Å². The molecule has 1 saturated heterocycles. The van der Waals surface area contributed by atoms with Crippen molar-refractivity contribution in [2.45, 2.75) is 19.0 Å². The quantitative estimate of drug-likeness (QED) is 0.314. The largest absolute Gasteiger partial charge is 0.494 e. The molecule has 0 amide bonds. The van der Waals surface area contributed by atoms with Crippen LogP contribution in [0, 0.1) is 0 Å². The van der Waals surface area contributed by atoms with Crippen molar-refractivity contribution in [3.63, 3.8) is 0 Å². The van der Waals surface area contributed by atoms with Crippen LogP contribution in [0.5, 0.6) is 5.75 Å². The van der Waals surface area contributed by atoms with Crippen LogP contribution in [0.3, 0.4) is 0 Å². The number of hydrogen-bond acceptors (Lipinski definition) is 5. The molecule has 1 fully saturated rings. The Balaban J connectivity index is 1.57. The molecule has 0 bridgehead atoms. The lowest BCUT2D eigenvalue weighted by Crippen LogP contribution is -2.30. The summed E-state index contributed by atoms with van der Waals surface area (Å²) < 4.78 is 33.6. The first kappa shape index (κ1) is 24.8. The van der Waals surface area contributed by atoms with Gasteiger partial charge in [-0.15, -0.1) is 0 Å². The molecule has 4 aromatic rings. The van der Waals surface area contributed by atoms with Crippen molar-refractivity contribution in [1.29, 1.82) is 0 Å². The molecule has 0 spiro atoms. The molecule has 1 aliphatic heterocycles. The Kier molecular flexibility index (Phi) is 6.86. The van der Waals surface area contributed by atoms with E-state index >= 15 is 0 Å². The van der Waals surface area contributed by atoms with E-state index in [2.05, 4.69) is 30.6 Å². The van der Waals surface area contributed by atoms with Crippen LogP contribution in [0.15, 0.2) is 91.3 Å². The fourth-order valence-corrected chi connectivity index (χ4v) is 5.49. The summed E-state index contributed by atoms with van der Waals surface area (Å²) in [7, 11) is -3.38. The number of nitrogens with one attached hydrogen (secondary N) is 2. The first-order valence-electron chi connectivity index (χ1n) is 11.8. The zero-order valence-corrected chi connectivity index (χ0v) is 22.0. The molecule has 2 N–H and O–H groups in total. The van der Waals surface area contributed by atoms with Crippen molar-refractivity contribution >= 4 is 38.7 Å². The molecule has 0 aliphatic carbocycles. The van der Waals surface area contributed by atoms with E-state index in [4.69, 9.17) is 17.0 Å². The Hall–Kier alpha value is -3.89. The number of hydrogen-bond donors (Lipinski definition) is 2. The molecule has 2 aromatic carbocycles. The minimum atomic E-state index is -3.38. The second-order valence-electron chi connectivity index (χ2n) is 8.65. The van der Waals surface area contributed by atoms with Gasteiger partial charge in [0.05, 0.1) is 24.6 Å². The van der Waals surface area contributed by atoms with E-state index in [1.54, 1.807) is 18.3 Å². The van der Waals surface area contributed by atoms with Crippen LogP contribution in [-0.2, 0) is 10.0 Å². The number of sulfonamides is 1. The van der Waals surface area contributed by atoms with Crippen LogP contribution < -0.4 is 19.7 Å². The first-order valence-corrected chi connectivity index (χ1v) is 14.1. The SMILES string of the molecule is CCOc1ccc(-n2cccc2C2C(c3ccccn3)NC(=S)N2c2ccc(NS(C)(=O)=O)cc2)cc1. The number of aromatic nitrogens is 2. The predicted molar refractivity (Wildman–Crippen MR) is 150 cm³/mol. The van der Waals surface area contributed by atoms with E-state index in [1.165, 1.54) is 0 Å². The second kappa shape index (κ2) is 10.2. The molecule has 3 heterocycles. The smallest absolute Gasteiger partial charge is 0.229 e. The van der Waals surface area contributed by atoms with Crippen molar-refractivity contribution in [2.24, 2.45) is 0 Å². The zero-order chi connectivity index (χ0) is 26.0. The Morgan fingerprint density at radius 2 is 1.73 bits per heavy atom. The van der Waals surface area contributed by atoms with Crippen LogP contribution in [0.1, 0.15) is 30.4 Å². The van der Waals surface area contributed by atoms with Crippen LogP contribution in [0.2, 0.25) is 0 Å². The minimum absolute atomic E-state index is 0.209. The third kappa shape index (κ3) is 5.30. The van der Waals surface area contributed by atoms with Crippen LogP contribution >= 0.6 is 12.2 Å². The predicted octanol–water partition coefficient (Wildman–Crippen LogP) is 4.82. The topological polar surface area (TPSA) is 88.5 Å². The van der Waals surface area contributed by atoms with Gasteiger partial charge in [-0.25, -0.2) is 8.42 Å². The van der Waals surface area contributed by atoms with Gasteiger partial charge in [0, 0.05) is 35.1 Å². The first-order chi connectivity index (χ1) is 17.8. The maximum Gasteiger partial charge on any atom is 0.229 e. The lowest BCUT2D eigenvalue weighted by molar-refractivity contribution is 0.340. The van der Waals surface area contributed by atoms with E-state index in [-0.39, 0.29) is 12.1 Å². The van der Waals surface area contributed by atoms with Gasteiger partial charge in [0.2, 0.25) is 10.0 Å². The highest BCUT2D eigenvalue weighted by molar-refractivity contribution is 7.92. The minimum Gasteiger partial charge on any atom is -0.494 e. The van der Waals surface area contributed by atoms with Crippen molar-refractivity contribution in [1.82, 2.24) is 14.9 Å². The summed E-state index contributed by atoms with van der Waals surface area (Å²) in [4.78, 5) is 6.68. The molecule has 0 saturated carbocycles. The maximum absolute atomic E-state index is 11.7. The Labute approximate surface area is 222 Å². The summed E-state index contributed by atoms with van der Waals surface area (Å²) in [6, 6.07) is 24.7. The molecular formula is C27H27N5O3S2. The van der Waals surface area contributed by atoms with E-state index in [1.807, 2.05) is 73.8 Å². The summed E-state index contributed by atoms with van der Waals surface area (Å²) in [5.74, 6) is 0.819. The third-order valence-electron chi connectivity index (χ3n) is 6.06. The normalized spacial score (nSPS) is 17.5. The van der Waals surface area contributed by atoms with Crippen molar-refractivity contribution in [3.8, 4) is 11.4 Å². The van der Waals surface area contributed by atoms with Crippen molar-refractivity contribution in [2.75, 3.05) is 22.5 Å². The molecule has 190 valence electrons. The maximum atomic E-state index is 11.7. The highest BCUT2D eigenvalue weighted by Crippen LogP contribution is 2.42. The summed E-state index contributed by atoms with van der Waals surface area (Å²) >= 11 is 5.83. The van der Waals surface area contributed by atoms with Gasteiger partial charge >= 0.3 is 0 Å². The molecule has 10 heteroatoms. The van der Waals surface area contributed by atoms with Gasteiger partial charge in [-0.2, -0.15) is 0 Å². The van der Waals surface area contributed by atoms with Gasteiger partial charge in [0.1, 0.15) is 11.8 Å². The van der Waals surface area contributed by atoms with Crippen molar-refractivity contribution in [3.05, 3.63) is 103 Å². The van der Waals surface area contributed by atoms with Crippen molar-refractivity contribution < 1.29 is 13.2 Å². The fourth-order valence-electron chi connectivity index (χ4n) is 4.58. The summed E-state index contributed by atoms with van der Waals surface area (Å²) in [5, 5.41) is 4.02. The van der Waals surface area contributed by atoms with Gasteiger partial charge in [-0.05, 0) is 91.9 Å². The molecule has 37 heavy (non-hydrogen) atoms. The van der Waals surface area contributed by atoms with Crippen LogP contribution in [0.4, 0.5) is 11.4 Å². The van der Waals surface area contributed by atoms with Crippen LogP contribution in [-0.4, -0.2) is 35.9 Å². The standard InChI is InChI=1S/C27H27N5O3S2/c1-3-35-22-15-13-20(14-16-22)31-18-6-8-24(31)26-25(23-7-4-5-17-28-23)29-27(36)32(26)21-11-9-19(10-12-21)30-37(2,33)34/h4-18,25-26,30H,3H2,1-2H3,(H,29,36). The van der Waals surface area contributed by atoms with Crippen LogP contribution in [0.25, 0.3) is 5.69 Å². The molecule has 5 rings (SSSR count). The summed E-state index contributed by atoms with van der Waals surface area (Å²) in [6.07, 6.45) is 4.93. The fraction of sp³-hybridized carbons (Fsp3) is 0.185. The lowest BCUT2D eigenvalue weighted by atomic mass is 10.0. The molecule has 2 unspecified atom stereocenters. The van der Waals surface area contributed by atoms with E-state index in [9.17, 15) is 8.42 Å². The number of anilines is 2. The summed E-state index contributed by atoms with van der Waals surface area (Å²) in [5.41, 5.74) is 4.20. The molecule has 2 aromatic heterocycles. The number of ether oxygens (including phenoxy) is 1. The number of rotatable bonds is 8. The average molecular weight is 534 g/mol. The highest BCUT2D eigenvalue weighted by Gasteiger charge is 2.42. The highest BCUT2D eigenvalue weighted by atomic mass is 32.2. The monoisotopic (exact) mass is 533 g/mol. The molecule has 0 radical (unpaired) electrons. The summed E-state index contributed by atoms with van der Waals surface area (Å²) in [6.45, 7) is 2.57. The van der Waals surface area contributed by atoms with E-state index < -0.39 is 10.0 Å². The number of benzene rings is 2. The number of nitrogens with zero attached hydrogens (tertiary/aromatic N) is 3. The molecule has 1 aliphatic rings. The molecule has 2 atom stereocenters. The Morgan fingerprint density at radius 1 is 1.00 bits per heavy atom. The second-order valence-corrected chi connectivity index (χ2v) is 10.8. The Morgan fingerprint density at radius 3 is 2.38 bits per heavy atom. The zero-order valence-electron chi connectivity index (χ0n) is 20.4. The number of pyridine rings is 1. The van der Waals surface area contributed by atoms with Gasteiger partial charge in [-0.3, -0.25) is 9.71 Å². The van der Waals surface area contributed by atoms with E-state index in [0.717, 1.165) is 34.8 Å². The van der Waals surface area contributed by atoms with Gasteiger partial charge in [-0.1, -0.05) is 6.07 Å². The number of thiocarbonyl (C=S) groups is 1. The third-order valence-corrected chi connectivity index (χ3v) is 6.98. The van der Waals surface area contributed by atoms with Gasteiger partial charge < -0.3 is 19.5 Å². The average Bonchev–Trinajstić information content (AvgIpc) is 3.49. The van der Waals surface area contributed by atoms with Gasteiger partial charge in [0.25, 0.3) is 0 Å². The Bertz CT molecular complexity index is 1490. The lowest BCUT2D eigenvalue weighted by Gasteiger charge is -2.29. The molecular weight excluding hydrogens is 506 g/mol.